The number of piperazine rings is 1. The summed E-state index contributed by atoms with van der Waals surface area (Å²) in [5.41, 5.74) is 1.40. The summed E-state index contributed by atoms with van der Waals surface area (Å²) in [6.45, 7) is 11.5. The molecule has 1 unspecified atom stereocenters. The Morgan fingerprint density at radius 1 is 1.14 bits per heavy atom. The molecule has 0 N–H and O–H groups in total. The molecule has 0 bridgehead atoms. The largest absolute Gasteiger partial charge is 0.354 e. The fourth-order valence-electron chi connectivity index (χ4n) is 3.71. The summed E-state index contributed by atoms with van der Waals surface area (Å²) in [6.07, 6.45) is 4.72. The van der Waals surface area contributed by atoms with Crippen LogP contribution in [0.5, 0.6) is 0 Å². The maximum Gasteiger partial charge on any atom is 0.128 e. The second-order valence-corrected chi connectivity index (χ2v) is 7.29. The Bertz CT molecular complexity index is 462. The van der Waals surface area contributed by atoms with E-state index in [0.717, 1.165) is 37.9 Å². The summed E-state index contributed by atoms with van der Waals surface area (Å²) < 4.78 is 0. The first-order valence-electron chi connectivity index (χ1n) is 8.77. The molecule has 4 nitrogen and oxygen atoms in total. The SMILES string of the molecule is CC(C)CN1CCCC1c1ccc(N2CCN(C)CC2)nc1. The molecule has 2 aliphatic heterocycles. The molecule has 122 valence electrons. The fourth-order valence-corrected chi connectivity index (χ4v) is 3.71. The predicted octanol–water partition coefficient (Wildman–Crippen LogP) is 2.63. The van der Waals surface area contributed by atoms with Crippen LogP contribution >= 0.6 is 0 Å². The number of anilines is 1. The number of rotatable bonds is 4. The van der Waals surface area contributed by atoms with E-state index >= 15 is 0 Å². The second kappa shape index (κ2) is 6.97. The van der Waals surface area contributed by atoms with Gasteiger partial charge in [-0.2, -0.15) is 0 Å². The van der Waals surface area contributed by atoms with Crippen LogP contribution in [-0.4, -0.2) is 61.1 Å². The van der Waals surface area contributed by atoms with Crippen LogP contribution in [0.4, 0.5) is 5.82 Å². The third kappa shape index (κ3) is 3.61. The van der Waals surface area contributed by atoms with Crippen molar-refractivity contribution in [3.63, 3.8) is 0 Å². The van der Waals surface area contributed by atoms with Gasteiger partial charge in [0, 0.05) is 45.0 Å². The van der Waals surface area contributed by atoms with Gasteiger partial charge < -0.3 is 9.80 Å². The molecule has 0 aromatic carbocycles. The number of nitrogens with zero attached hydrogens (tertiary/aromatic N) is 4. The molecule has 3 rings (SSSR count). The van der Waals surface area contributed by atoms with Gasteiger partial charge in [0.25, 0.3) is 0 Å². The van der Waals surface area contributed by atoms with E-state index in [4.69, 9.17) is 4.98 Å². The number of pyridine rings is 1. The minimum Gasteiger partial charge on any atom is -0.354 e. The van der Waals surface area contributed by atoms with Crippen LogP contribution in [0, 0.1) is 5.92 Å². The smallest absolute Gasteiger partial charge is 0.128 e. The summed E-state index contributed by atoms with van der Waals surface area (Å²) in [6, 6.07) is 5.12. The highest BCUT2D eigenvalue weighted by molar-refractivity contribution is 5.40. The maximum absolute atomic E-state index is 4.77. The molecule has 3 heterocycles. The van der Waals surface area contributed by atoms with Crippen LogP contribution in [0.1, 0.15) is 38.3 Å². The van der Waals surface area contributed by atoms with Crippen LogP contribution in [0.3, 0.4) is 0 Å². The van der Waals surface area contributed by atoms with Gasteiger partial charge in [0.1, 0.15) is 5.82 Å². The van der Waals surface area contributed by atoms with E-state index in [0.29, 0.717) is 6.04 Å². The summed E-state index contributed by atoms with van der Waals surface area (Å²) in [5.74, 6) is 1.88. The Labute approximate surface area is 135 Å². The van der Waals surface area contributed by atoms with Gasteiger partial charge in [-0.05, 0) is 44.0 Å². The van der Waals surface area contributed by atoms with Gasteiger partial charge in [-0.15, -0.1) is 0 Å². The summed E-state index contributed by atoms with van der Waals surface area (Å²) >= 11 is 0. The average Bonchev–Trinajstić information content (AvgIpc) is 2.95. The van der Waals surface area contributed by atoms with Gasteiger partial charge in [-0.1, -0.05) is 19.9 Å². The lowest BCUT2D eigenvalue weighted by Gasteiger charge is -2.33. The molecule has 1 atom stereocenters. The highest BCUT2D eigenvalue weighted by Gasteiger charge is 2.26. The molecule has 1 aromatic heterocycles. The Kier molecular flexibility index (Phi) is 4.99. The fraction of sp³-hybridized carbons (Fsp3) is 0.722. The molecule has 0 aliphatic carbocycles. The molecule has 0 radical (unpaired) electrons. The van der Waals surface area contributed by atoms with Crippen molar-refractivity contribution in [2.75, 3.05) is 51.2 Å². The molecule has 2 fully saturated rings. The van der Waals surface area contributed by atoms with Gasteiger partial charge in [0.05, 0.1) is 0 Å². The van der Waals surface area contributed by atoms with Crippen molar-refractivity contribution < 1.29 is 0 Å². The lowest BCUT2D eigenvalue weighted by molar-refractivity contribution is 0.228. The van der Waals surface area contributed by atoms with E-state index in [1.54, 1.807) is 0 Å². The van der Waals surface area contributed by atoms with Crippen LogP contribution < -0.4 is 4.90 Å². The molecule has 4 heteroatoms. The molecule has 2 saturated heterocycles. The summed E-state index contributed by atoms with van der Waals surface area (Å²) in [5, 5.41) is 0. The standard InChI is InChI=1S/C18H30N4/c1-15(2)14-22-8-4-5-17(22)16-6-7-18(19-13-16)21-11-9-20(3)10-12-21/h6-7,13,15,17H,4-5,8-12,14H2,1-3H3. The minimum absolute atomic E-state index is 0.580. The monoisotopic (exact) mass is 302 g/mol. The highest BCUT2D eigenvalue weighted by atomic mass is 15.3. The van der Waals surface area contributed by atoms with Gasteiger partial charge in [-0.3, -0.25) is 4.90 Å². The number of aromatic nitrogens is 1. The topological polar surface area (TPSA) is 22.6 Å². The van der Waals surface area contributed by atoms with E-state index in [9.17, 15) is 0 Å². The van der Waals surface area contributed by atoms with E-state index in [1.807, 2.05) is 0 Å². The average molecular weight is 302 g/mol. The van der Waals surface area contributed by atoms with E-state index in [2.05, 4.69) is 53.9 Å². The van der Waals surface area contributed by atoms with E-state index in [-0.39, 0.29) is 0 Å². The normalized spacial score (nSPS) is 24.4. The first-order valence-corrected chi connectivity index (χ1v) is 8.77. The Balaban J connectivity index is 1.66. The van der Waals surface area contributed by atoms with Crippen LogP contribution in [-0.2, 0) is 0 Å². The predicted molar refractivity (Wildman–Crippen MR) is 92.3 cm³/mol. The van der Waals surface area contributed by atoms with Crippen molar-refractivity contribution in [1.82, 2.24) is 14.8 Å². The minimum atomic E-state index is 0.580. The third-order valence-corrected chi connectivity index (χ3v) is 4.95. The Morgan fingerprint density at radius 3 is 2.55 bits per heavy atom. The number of hydrogen-bond donors (Lipinski definition) is 0. The van der Waals surface area contributed by atoms with Gasteiger partial charge in [0.2, 0.25) is 0 Å². The van der Waals surface area contributed by atoms with Crippen molar-refractivity contribution in [3.05, 3.63) is 23.9 Å². The third-order valence-electron chi connectivity index (χ3n) is 4.95. The molecule has 2 aliphatic rings. The Hall–Kier alpha value is -1.13. The van der Waals surface area contributed by atoms with Gasteiger partial charge >= 0.3 is 0 Å². The van der Waals surface area contributed by atoms with Crippen LogP contribution in [0.2, 0.25) is 0 Å². The zero-order chi connectivity index (χ0) is 15.5. The molecular formula is C18H30N4. The van der Waals surface area contributed by atoms with Gasteiger partial charge in [-0.25, -0.2) is 4.98 Å². The number of hydrogen-bond acceptors (Lipinski definition) is 4. The van der Waals surface area contributed by atoms with Gasteiger partial charge in [0.15, 0.2) is 0 Å². The van der Waals surface area contributed by atoms with Crippen molar-refractivity contribution in [3.8, 4) is 0 Å². The molecular weight excluding hydrogens is 272 g/mol. The first kappa shape index (κ1) is 15.8. The molecule has 0 amide bonds. The van der Waals surface area contributed by atoms with Crippen molar-refractivity contribution in [2.24, 2.45) is 5.92 Å². The molecule has 0 saturated carbocycles. The molecule has 1 aromatic rings. The van der Waals surface area contributed by atoms with E-state index in [1.165, 1.54) is 31.5 Å². The second-order valence-electron chi connectivity index (χ2n) is 7.29. The molecule has 0 spiro atoms. The number of likely N-dealkylation sites (tertiary alicyclic amines) is 1. The Morgan fingerprint density at radius 2 is 1.91 bits per heavy atom. The zero-order valence-electron chi connectivity index (χ0n) is 14.3. The van der Waals surface area contributed by atoms with E-state index < -0.39 is 0 Å². The quantitative estimate of drug-likeness (QED) is 0.853. The zero-order valence-corrected chi connectivity index (χ0v) is 14.3. The first-order chi connectivity index (χ1) is 10.6. The summed E-state index contributed by atoms with van der Waals surface area (Å²) in [4.78, 5) is 12.2. The van der Waals surface area contributed by atoms with Crippen molar-refractivity contribution >= 4 is 5.82 Å². The lowest BCUT2D eigenvalue weighted by atomic mass is 10.1. The maximum atomic E-state index is 4.77. The highest BCUT2D eigenvalue weighted by Crippen LogP contribution is 2.32. The van der Waals surface area contributed by atoms with Crippen molar-refractivity contribution in [1.29, 1.82) is 0 Å². The number of likely N-dealkylation sites (N-methyl/N-ethyl adjacent to an activating group) is 1. The summed E-state index contributed by atoms with van der Waals surface area (Å²) in [7, 11) is 2.19. The van der Waals surface area contributed by atoms with Crippen LogP contribution in [0.25, 0.3) is 0 Å². The molecule has 22 heavy (non-hydrogen) atoms. The lowest BCUT2D eigenvalue weighted by Crippen LogP contribution is -2.44. The van der Waals surface area contributed by atoms with Crippen molar-refractivity contribution in [2.45, 2.75) is 32.7 Å². The van der Waals surface area contributed by atoms with Crippen LogP contribution in [0.15, 0.2) is 18.3 Å².